The molecule has 1 aromatic carbocycles. The minimum absolute atomic E-state index is 0.107. The molecular formula is C14H12I2N2O5. The zero-order valence-corrected chi connectivity index (χ0v) is 16.5. The average Bonchev–Trinajstić information content (AvgIpc) is 2.74. The average molecular weight is 542 g/mol. The van der Waals surface area contributed by atoms with Crippen LogP contribution in [0.1, 0.15) is 5.56 Å². The van der Waals surface area contributed by atoms with Crippen molar-refractivity contribution in [1.82, 2.24) is 10.2 Å². The lowest BCUT2D eigenvalue weighted by Gasteiger charge is -2.09. The third-order valence-corrected chi connectivity index (χ3v) is 4.62. The molecule has 0 saturated carbocycles. The maximum absolute atomic E-state index is 12.2. The molecule has 0 radical (unpaired) electrons. The number of nitrogens with one attached hydrogen (secondary N) is 1. The van der Waals surface area contributed by atoms with Gasteiger partial charge in [0.15, 0.2) is 0 Å². The molecule has 122 valence electrons. The molecule has 1 aliphatic heterocycles. The van der Waals surface area contributed by atoms with E-state index in [1.54, 1.807) is 13.2 Å². The summed E-state index contributed by atoms with van der Waals surface area (Å²) in [5, 5.41) is 2.45. The van der Waals surface area contributed by atoms with E-state index in [0.717, 1.165) is 23.4 Å². The van der Waals surface area contributed by atoms with Crippen LogP contribution in [0.4, 0.5) is 4.79 Å². The molecule has 1 aliphatic rings. The first-order valence-electron chi connectivity index (χ1n) is 6.31. The first kappa shape index (κ1) is 18.0. The molecule has 0 spiro atoms. The van der Waals surface area contributed by atoms with Crippen molar-refractivity contribution in [2.45, 2.75) is 0 Å². The summed E-state index contributed by atoms with van der Waals surface area (Å²) in [7, 11) is 2.78. The van der Waals surface area contributed by atoms with E-state index < -0.39 is 24.5 Å². The van der Waals surface area contributed by atoms with Crippen molar-refractivity contribution >= 4 is 69.2 Å². The summed E-state index contributed by atoms with van der Waals surface area (Å²) in [5.41, 5.74) is 0.846. The smallest absolute Gasteiger partial charge is 0.329 e. The number of nitrogens with zero attached hydrogens (tertiary/aromatic N) is 1. The van der Waals surface area contributed by atoms with Gasteiger partial charge in [0, 0.05) is 0 Å². The van der Waals surface area contributed by atoms with Gasteiger partial charge < -0.3 is 14.8 Å². The standard InChI is InChI=1S/C14H12I2N2O5/c1-22-11(19)6-18-13(20)10(17-14(18)21)5-7-3-8(15)12(23-2)9(16)4-7/h3-5H,6H2,1-2H3,(H,17,21)/b10-5+. The number of carbonyl (C=O) groups is 3. The summed E-state index contributed by atoms with van der Waals surface area (Å²) in [6, 6.07) is 3.01. The van der Waals surface area contributed by atoms with Crippen LogP contribution in [0.3, 0.4) is 0 Å². The monoisotopic (exact) mass is 542 g/mol. The van der Waals surface area contributed by atoms with Crippen LogP contribution in [0.15, 0.2) is 17.8 Å². The van der Waals surface area contributed by atoms with E-state index in [2.05, 4.69) is 55.2 Å². The molecule has 3 amide bonds. The highest BCUT2D eigenvalue weighted by atomic mass is 127. The first-order chi connectivity index (χ1) is 10.9. The highest BCUT2D eigenvalue weighted by Gasteiger charge is 2.35. The Hall–Kier alpha value is -1.37. The summed E-state index contributed by atoms with van der Waals surface area (Å²) >= 11 is 4.26. The lowest BCUT2D eigenvalue weighted by Crippen LogP contribution is -2.36. The molecule has 7 nitrogen and oxygen atoms in total. The number of urea groups is 1. The molecule has 0 atom stereocenters. The van der Waals surface area contributed by atoms with Crippen molar-refractivity contribution in [3.8, 4) is 5.75 Å². The van der Waals surface area contributed by atoms with E-state index in [9.17, 15) is 14.4 Å². The molecule has 1 heterocycles. The number of ether oxygens (including phenoxy) is 2. The predicted octanol–water partition coefficient (Wildman–Crippen LogP) is 1.97. The third kappa shape index (κ3) is 3.94. The molecule has 23 heavy (non-hydrogen) atoms. The lowest BCUT2D eigenvalue weighted by atomic mass is 10.2. The Labute approximate surface area is 159 Å². The summed E-state index contributed by atoms with van der Waals surface area (Å²) in [5.74, 6) is -0.480. The molecule has 1 fully saturated rings. The number of rotatable bonds is 4. The second-order valence-corrected chi connectivity index (χ2v) is 6.80. The van der Waals surface area contributed by atoms with E-state index >= 15 is 0 Å². The van der Waals surface area contributed by atoms with Crippen LogP contribution < -0.4 is 10.1 Å². The Morgan fingerprint density at radius 3 is 2.39 bits per heavy atom. The molecule has 0 bridgehead atoms. The summed E-state index contributed by atoms with van der Waals surface area (Å²) in [6.45, 7) is -0.420. The van der Waals surface area contributed by atoms with Gasteiger partial charge in [0.2, 0.25) is 0 Å². The number of halogens is 2. The van der Waals surface area contributed by atoms with Crippen molar-refractivity contribution in [2.24, 2.45) is 0 Å². The Bertz CT molecular complexity index is 694. The van der Waals surface area contributed by atoms with E-state index in [4.69, 9.17) is 4.74 Å². The van der Waals surface area contributed by atoms with Crippen LogP contribution in [0.2, 0.25) is 0 Å². The van der Waals surface area contributed by atoms with E-state index in [1.165, 1.54) is 7.11 Å². The maximum Gasteiger partial charge on any atom is 0.329 e. The quantitative estimate of drug-likeness (QED) is 0.273. The Kier molecular flexibility index (Phi) is 5.84. The van der Waals surface area contributed by atoms with Crippen LogP contribution in [-0.2, 0) is 14.3 Å². The number of hydrogen-bond donors (Lipinski definition) is 1. The van der Waals surface area contributed by atoms with Crippen molar-refractivity contribution in [1.29, 1.82) is 0 Å². The molecule has 2 rings (SSSR count). The normalized spacial score (nSPS) is 15.8. The molecule has 0 aliphatic carbocycles. The van der Waals surface area contributed by atoms with Crippen molar-refractivity contribution in [3.63, 3.8) is 0 Å². The van der Waals surface area contributed by atoms with E-state index in [0.29, 0.717) is 0 Å². The van der Waals surface area contributed by atoms with Gasteiger partial charge in [-0.15, -0.1) is 0 Å². The van der Waals surface area contributed by atoms with Crippen LogP contribution in [0, 0.1) is 7.14 Å². The second kappa shape index (κ2) is 7.47. The van der Waals surface area contributed by atoms with Crippen molar-refractivity contribution in [3.05, 3.63) is 30.5 Å². The maximum atomic E-state index is 12.2. The molecule has 1 N–H and O–H groups in total. The number of imide groups is 1. The molecule has 0 unspecified atom stereocenters. The number of esters is 1. The first-order valence-corrected chi connectivity index (χ1v) is 8.47. The zero-order valence-electron chi connectivity index (χ0n) is 12.2. The molecule has 1 aromatic rings. The Balaban J connectivity index is 2.29. The highest BCUT2D eigenvalue weighted by Crippen LogP contribution is 2.29. The third-order valence-electron chi connectivity index (χ3n) is 3.01. The lowest BCUT2D eigenvalue weighted by molar-refractivity contribution is -0.143. The van der Waals surface area contributed by atoms with Crippen molar-refractivity contribution < 1.29 is 23.9 Å². The highest BCUT2D eigenvalue weighted by molar-refractivity contribution is 14.1. The Morgan fingerprint density at radius 2 is 1.87 bits per heavy atom. The number of carbonyl (C=O) groups excluding carboxylic acids is 3. The van der Waals surface area contributed by atoms with Gasteiger partial charge >= 0.3 is 12.0 Å². The number of hydrogen-bond acceptors (Lipinski definition) is 5. The van der Waals surface area contributed by atoms with Crippen LogP contribution in [-0.4, -0.2) is 43.6 Å². The van der Waals surface area contributed by atoms with Gasteiger partial charge in [0.25, 0.3) is 5.91 Å². The molecule has 1 saturated heterocycles. The van der Waals surface area contributed by atoms with Gasteiger partial charge in [-0.2, -0.15) is 0 Å². The van der Waals surface area contributed by atoms with Gasteiger partial charge in [-0.1, -0.05) is 0 Å². The minimum atomic E-state index is -0.664. The second-order valence-electron chi connectivity index (χ2n) is 4.47. The van der Waals surface area contributed by atoms with Crippen molar-refractivity contribution in [2.75, 3.05) is 20.8 Å². The zero-order chi connectivity index (χ0) is 17.1. The Morgan fingerprint density at radius 1 is 1.26 bits per heavy atom. The molecular weight excluding hydrogens is 530 g/mol. The van der Waals surface area contributed by atoms with E-state index in [1.807, 2.05) is 12.1 Å². The van der Waals surface area contributed by atoms with Gasteiger partial charge in [0.1, 0.15) is 18.0 Å². The van der Waals surface area contributed by atoms with Gasteiger partial charge in [0.05, 0.1) is 21.4 Å². The van der Waals surface area contributed by atoms with Gasteiger partial charge in [-0.3, -0.25) is 9.59 Å². The van der Waals surface area contributed by atoms with Crippen LogP contribution in [0.25, 0.3) is 6.08 Å². The number of amides is 3. The van der Waals surface area contributed by atoms with E-state index in [-0.39, 0.29) is 5.70 Å². The van der Waals surface area contributed by atoms with Gasteiger partial charge in [-0.05, 0) is 69.0 Å². The summed E-state index contributed by atoms with van der Waals surface area (Å²) in [4.78, 5) is 36.1. The van der Waals surface area contributed by atoms with Gasteiger partial charge in [-0.25, -0.2) is 9.69 Å². The molecule has 9 heteroatoms. The largest absolute Gasteiger partial charge is 0.495 e. The SMILES string of the molecule is COC(=O)CN1C(=O)N/C(=C/c2cc(I)c(OC)c(I)c2)C1=O. The minimum Gasteiger partial charge on any atom is -0.495 e. The van der Waals surface area contributed by atoms with Crippen LogP contribution >= 0.6 is 45.2 Å². The summed E-state index contributed by atoms with van der Waals surface area (Å²) in [6.07, 6.45) is 1.56. The molecule has 0 aromatic heterocycles. The summed E-state index contributed by atoms with van der Waals surface area (Å²) < 4.78 is 11.5. The fraction of sp³-hybridized carbons (Fsp3) is 0.214. The number of methoxy groups -OCH3 is 2. The topological polar surface area (TPSA) is 84.9 Å². The fourth-order valence-electron chi connectivity index (χ4n) is 1.93. The number of benzene rings is 1. The predicted molar refractivity (Wildman–Crippen MR) is 98.7 cm³/mol. The van der Waals surface area contributed by atoms with Crippen LogP contribution in [0.5, 0.6) is 5.75 Å². The fourth-order valence-corrected chi connectivity index (χ4v) is 4.19.